The molecule has 1 aliphatic rings. The van der Waals surface area contributed by atoms with Crippen LogP contribution in [0.1, 0.15) is 29.8 Å². The van der Waals surface area contributed by atoms with Crippen LogP contribution in [0.4, 0.5) is 5.69 Å². The first-order valence-electron chi connectivity index (χ1n) is 9.61. The summed E-state index contributed by atoms with van der Waals surface area (Å²) in [4.78, 5) is 12.9. The molecule has 29 heavy (non-hydrogen) atoms. The number of anilines is 1. The van der Waals surface area contributed by atoms with Crippen LogP contribution in [0.3, 0.4) is 0 Å². The summed E-state index contributed by atoms with van der Waals surface area (Å²) in [6.45, 7) is 1.92. The molecule has 2 aromatic rings. The number of rotatable bonds is 8. The summed E-state index contributed by atoms with van der Waals surface area (Å²) in [6, 6.07) is 8.45. The molecule has 1 aliphatic heterocycles. The fourth-order valence-electron chi connectivity index (χ4n) is 3.26. The number of nitrogens with one attached hydrogen (secondary N) is 1. The number of ether oxygens (including phenoxy) is 2. The van der Waals surface area contributed by atoms with E-state index in [0.29, 0.717) is 37.7 Å². The number of hydrogen-bond acceptors (Lipinski definition) is 5. The molecule has 0 spiro atoms. The average Bonchev–Trinajstić information content (AvgIpc) is 3.12. The number of aromatic nitrogens is 1. The standard InChI is InChI=1S/C20H27N3O5S/c1-22-15-18(29(25,26)23-9-4-3-5-10-23)14-19(22)20(24)21-16-7-6-8-17(13-16)28-12-11-27-2/h6-8,13-15H,3-5,9-12H2,1-2H3,(H,21,24). The van der Waals surface area contributed by atoms with Gasteiger partial charge in [-0.1, -0.05) is 12.5 Å². The fourth-order valence-corrected chi connectivity index (χ4v) is 4.85. The monoisotopic (exact) mass is 421 g/mol. The van der Waals surface area contributed by atoms with E-state index in [9.17, 15) is 13.2 Å². The van der Waals surface area contributed by atoms with Crippen molar-refractivity contribution >= 4 is 21.6 Å². The molecule has 0 unspecified atom stereocenters. The van der Waals surface area contributed by atoms with Crippen molar-refractivity contribution in [2.75, 3.05) is 38.7 Å². The van der Waals surface area contributed by atoms with Gasteiger partial charge in [0.2, 0.25) is 10.0 Å². The first-order chi connectivity index (χ1) is 13.9. The summed E-state index contributed by atoms with van der Waals surface area (Å²) >= 11 is 0. The maximum absolute atomic E-state index is 12.9. The van der Waals surface area contributed by atoms with E-state index in [0.717, 1.165) is 19.3 Å². The number of hydrogen-bond donors (Lipinski definition) is 1. The Kier molecular flexibility index (Phi) is 6.94. The first kappa shape index (κ1) is 21.4. The Bertz CT molecular complexity index is 949. The number of carbonyl (C=O) groups excluding carboxylic acids is 1. The number of piperidine rings is 1. The van der Waals surface area contributed by atoms with E-state index in [-0.39, 0.29) is 16.5 Å². The minimum atomic E-state index is -3.59. The van der Waals surface area contributed by atoms with Crippen molar-refractivity contribution in [3.8, 4) is 5.75 Å². The van der Waals surface area contributed by atoms with Crippen LogP contribution in [-0.4, -0.2) is 56.6 Å². The predicted molar refractivity (Wildman–Crippen MR) is 110 cm³/mol. The first-order valence-corrected chi connectivity index (χ1v) is 11.1. The zero-order valence-electron chi connectivity index (χ0n) is 16.8. The van der Waals surface area contributed by atoms with Gasteiger partial charge in [0.1, 0.15) is 22.9 Å². The lowest BCUT2D eigenvalue weighted by Crippen LogP contribution is -2.35. The molecule has 1 aromatic heterocycles. The quantitative estimate of drug-likeness (QED) is 0.662. The van der Waals surface area contributed by atoms with Gasteiger partial charge >= 0.3 is 0 Å². The molecule has 0 bridgehead atoms. The molecule has 1 fully saturated rings. The molecule has 8 nitrogen and oxygen atoms in total. The molecule has 9 heteroatoms. The third-order valence-corrected chi connectivity index (χ3v) is 6.68. The van der Waals surface area contributed by atoms with Crippen molar-refractivity contribution in [2.45, 2.75) is 24.2 Å². The van der Waals surface area contributed by atoms with E-state index >= 15 is 0 Å². The van der Waals surface area contributed by atoms with E-state index in [4.69, 9.17) is 9.47 Å². The van der Waals surface area contributed by atoms with Gasteiger partial charge in [-0.25, -0.2) is 8.42 Å². The van der Waals surface area contributed by atoms with Gasteiger partial charge in [-0.15, -0.1) is 0 Å². The third-order valence-electron chi connectivity index (χ3n) is 4.81. The smallest absolute Gasteiger partial charge is 0.272 e. The third kappa shape index (κ3) is 5.17. The highest BCUT2D eigenvalue weighted by Crippen LogP contribution is 2.23. The maximum Gasteiger partial charge on any atom is 0.272 e. The molecule has 3 rings (SSSR count). The van der Waals surface area contributed by atoms with Gasteiger partial charge in [0.15, 0.2) is 0 Å². The van der Waals surface area contributed by atoms with E-state index < -0.39 is 10.0 Å². The highest BCUT2D eigenvalue weighted by Gasteiger charge is 2.28. The number of nitrogens with zero attached hydrogens (tertiary/aromatic N) is 2. The van der Waals surface area contributed by atoms with E-state index in [1.165, 1.54) is 21.1 Å². The number of sulfonamides is 1. The van der Waals surface area contributed by atoms with Gasteiger partial charge in [-0.2, -0.15) is 4.31 Å². The zero-order chi connectivity index (χ0) is 20.9. The minimum Gasteiger partial charge on any atom is -0.491 e. The van der Waals surface area contributed by atoms with E-state index in [1.54, 1.807) is 38.4 Å². The lowest BCUT2D eigenvalue weighted by atomic mass is 10.2. The van der Waals surface area contributed by atoms with Crippen molar-refractivity contribution in [2.24, 2.45) is 7.05 Å². The second-order valence-electron chi connectivity index (χ2n) is 6.96. The predicted octanol–water partition coefficient (Wildman–Crippen LogP) is 2.48. The lowest BCUT2D eigenvalue weighted by molar-refractivity contribution is 0.101. The SMILES string of the molecule is COCCOc1cccc(NC(=O)c2cc(S(=O)(=O)N3CCCCC3)cn2C)c1. The van der Waals surface area contributed by atoms with Crippen LogP contribution in [0.5, 0.6) is 5.75 Å². The molecule has 1 aromatic carbocycles. The molecule has 1 amide bonds. The summed E-state index contributed by atoms with van der Waals surface area (Å²) in [7, 11) is -0.331. The molecule has 0 radical (unpaired) electrons. The molecular weight excluding hydrogens is 394 g/mol. The Hall–Kier alpha value is -2.36. The van der Waals surface area contributed by atoms with Crippen LogP contribution in [0, 0.1) is 0 Å². The number of carbonyl (C=O) groups is 1. The number of amides is 1. The molecular formula is C20H27N3O5S. The Balaban J connectivity index is 1.73. The second-order valence-corrected chi connectivity index (χ2v) is 8.90. The van der Waals surface area contributed by atoms with Crippen molar-refractivity contribution in [1.29, 1.82) is 0 Å². The normalized spacial score (nSPS) is 15.2. The topological polar surface area (TPSA) is 89.9 Å². The molecule has 158 valence electrons. The Morgan fingerprint density at radius 3 is 2.62 bits per heavy atom. The molecule has 1 N–H and O–H groups in total. The minimum absolute atomic E-state index is 0.142. The van der Waals surface area contributed by atoms with Gasteiger partial charge in [0, 0.05) is 45.2 Å². The molecule has 2 heterocycles. The van der Waals surface area contributed by atoms with Crippen LogP contribution in [0.25, 0.3) is 0 Å². The molecule has 0 atom stereocenters. The summed E-state index contributed by atoms with van der Waals surface area (Å²) in [6.07, 6.45) is 4.26. The van der Waals surface area contributed by atoms with Crippen LogP contribution in [0.2, 0.25) is 0 Å². The highest BCUT2D eigenvalue weighted by atomic mass is 32.2. The average molecular weight is 422 g/mol. The Morgan fingerprint density at radius 2 is 1.90 bits per heavy atom. The molecule has 1 saturated heterocycles. The van der Waals surface area contributed by atoms with Gasteiger partial charge in [0.05, 0.1) is 6.61 Å². The Morgan fingerprint density at radius 1 is 1.14 bits per heavy atom. The maximum atomic E-state index is 12.9. The zero-order valence-corrected chi connectivity index (χ0v) is 17.6. The van der Waals surface area contributed by atoms with Crippen molar-refractivity contribution in [3.63, 3.8) is 0 Å². The Labute approximate surface area is 171 Å². The molecule has 0 aliphatic carbocycles. The number of methoxy groups -OCH3 is 1. The van der Waals surface area contributed by atoms with Gasteiger partial charge in [-0.3, -0.25) is 4.79 Å². The van der Waals surface area contributed by atoms with Crippen LogP contribution in [-0.2, 0) is 21.8 Å². The summed E-state index contributed by atoms with van der Waals surface area (Å²) in [5, 5.41) is 2.79. The van der Waals surface area contributed by atoms with Crippen molar-refractivity contribution in [1.82, 2.24) is 8.87 Å². The van der Waals surface area contributed by atoms with E-state index in [1.807, 2.05) is 0 Å². The van der Waals surface area contributed by atoms with Crippen molar-refractivity contribution in [3.05, 3.63) is 42.2 Å². The summed E-state index contributed by atoms with van der Waals surface area (Å²) in [5.41, 5.74) is 0.831. The van der Waals surface area contributed by atoms with Gasteiger partial charge in [-0.05, 0) is 31.0 Å². The highest BCUT2D eigenvalue weighted by molar-refractivity contribution is 7.89. The van der Waals surface area contributed by atoms with Gasteiger partial charge < -0.3 is 19.4 Å². The largest absolute Gasteiger partial charge is 0.491 e. The number of benzene rings is 1. The van der Waals surface area contributed by atoms with Crippen LogP contribution >= 0.6 is 0 Å². The van der Waals surface area contributed by atoms with E-state index in [2.05, 4.69) is 5.32 Å². The van der Waals surface area contributed by atoms with Crippen LogP contribution < -0.4 is 10.1 Å². The molecule has 0 saturated carbocycles. The summed E-state index contributed by atoms with van der Waals surface area (Å²) in [5.74, 6) is 0.224. The van der Waals surface area contributed by atoms with Gasteiger partial charge in [0.25, 0.3) is 5.91 Å². The summed E-state index contributed by atoms with van der Waals surface area (Å²) < 4.78 is 39.2. The lowest BCUT2D eigenvalue weighted by Gasteiger charge is -2.25. The fraction of sp³-hybridized carbons (Fsp3) is 0.450. The van der Waals surface area contributed by atoms with Crippen LogP contribution in [0.15, 0.2) is 41.4 Å². The van der Waals surface area contributed by atoms with Crippen molar-refractivity contribution < 1.29 is 22.7 Å². The number of aryl methyl sites for hydroxylation is 1. The second kappa shape index (κ2) is 9.43.